The first-order chi connectivity index (χ1) is 10.8. The number of thiazole rings is 1. The van der Waals surface area contributed by atoms with Crippen LogP contribution in [0.3, 0.4) is 0 Å². The van der Waals surface area contributed by atoms with Crippen molar-refractivity contribution in [1.82, 2.24) is 9.88 Å². The summed E-state index contributed by atoms with van der Waals surface area (Å²) >= 11 is 1.75. The molecule has 0 N–H and O–H groups in total. The van der Waals surface area contributed by atoms with Crippen molar-refractivity contribution >= 4 is 27.5 Å². The minimum atomic E-state index is 0.195. The van der Waals surface area contributed by atoms with Gasteiger partial charge in [0.1, 0.15) is 5.01 Å². The number of rotatable bonds is 5. The van der Waals surface area contributed by atoms with E-state index in [1.807, 2.05) is 6.07 Å². The number of carbonyl (C=O) groups excluding carboxylic acids is 1. The molecule has 2 aromatic rings. The van der Waals surface area contributed by atoms with E-state index in [1.165, 1.54) is 11.1 Å². The lowest BCUT2D eigenvalue weighted by atomic mass is 10.0. The third-order valence-electron chi connectivity index (χ3n) is 4.41. The summed E-state index contributed by atoms with van der Waals surface area (Å²) in [4.78, 5) is 19.5. The zero-order valence-electron chi connectivity index (χ0n) is 13.3. The summed E-state index contributed by atoms with van der Waals surface area (Å²) in [6.45, 7) is 3.07. The van der Waals surface area contributed by atoms with Crippen LogP contribution in [0.1, 0.15) is 62.9 Å². The van der Waals surface area contributed by atoms with Crippen molar-refractivity contribution in [2.75, 3.05) is 6.54 Å². The molecule has 1 atom stereocenters. The molecule has 0 bridgehead atoms. The van der Waals surface area contributed by atoms with Crippen molar-refractivity contribution in [3.8, 4) is 0 Å². The predicted molar refractivity (Wildman–Crippen MR) is 92.1 cm³/mol. The highest BCUT2D eigenvalue weighted by Gasteiger charge is 2.29. The summed E-state index contributed by atoms with van der Waals surface area (Å²) in [5.41, 5.74) is 1.06. The lowest BCUT2D eigenvalue weighted by Gasteiger charge is -2.34. The monoisotopic (exact) mass is 316 g/mol. The molecule has 4 heteroatoms. The van der Waals surface area contributed by atoms with Crippen LogP contribution in [-0.4, -0.2) is 22.3 Å². The molecule has 1 amide bonds. The fraction of sp³-hybridized carbons (Fsp3) is 0.556. The van der Waals surface area contributed by atoms with Gasteiger partial charge in [-0.1, -0.05) is 31.9 Å². The lowest BCUT2D eigenvalue weighted by molar-refractivity contribution is -0.135. The van der Waals surface area contributed by atoms with Gasteiger partial charge >= 0.3 is 0 Å². The molecule has 1 aliphatic rings. The van der Waals surface area contributed by atoms with Gasteiger partial charge in [0.25, 0.3) is 0 Å². The molecule has 3 rings (SSSR count). The molecule has 0 aliphatic carbocycles. The molecular formula is C18H24N2OS. The molecule has 1 saturated heterocycles. The fourth-order valence-electron chi connectivity index (χ4n) is 3.19. The van der Waals surface area contributed by atoms with Gasteiger partial charge in [0.15, 0.2) is 0 Å². The van der Waals surface area contributed by atoms with Crippen LogP contribution in [0, 0.1) is 0 Å². The molecule has 1 aliphatic heterocycles. The summed E-state index contributed by atoms with van der Waals surface area (Å²) in [5.74, 6) is 0.317. The quantitative estimate of drug-likeness (QED) is 0.733. The number of likely N-dealkylation sites (tertiary alicyclic amines) is 1. The molecule has 1 aromatic heterocycles. The number of hydrogen-bond donors (Lipinski definition) is 0. The average molecular weight is 316 g/mol. The molecule has 118 valence electrons. The number of para-hydroxylation sites is 1. The Balaban J connectivity index is 1.78. The summed E-state index contributed by atoms with van der Waals surface area (Å²) in [6, 6.07) is 8.46. The zero-order chi connectivity index (χ0) is 15.4. The highest BCUT2D eigenvalue weighted by Crippen LogP contribution is 2.36. The van der Waals surface area contributed by atoms with E-state index in [-0.39, 0.29) is 6.04 Å². The number of hydrogen-bond acceptors (Lipinski definition) is 3. The van der Waals surface area contributed by atoms with E-state index >= 15 is 0 Å². The lowest BCUT2D eigenvalue weighted by Crippen LogP contribution is -2.38. The number of carbonyl (C=O) groups is 1. The number of nitrogens with zero attached hydrogens (tertiary/aromatic N) is 2. The van der Waals surface area contributed by atoms with E-state index in [4.69, 9.17) is 4.98 Å². The Morgan fingerprint density at radius 2 is 2.18 bits per heavy atom. The van der Waals surface area contributed by atoms with Crippen molar-refractivity contribution in [2.24, 2.45) is 0 Å². The molecule has 1 aromatic carbocycles. The normalized spacial score (nSPS) is 18.8. The van der Waals surface area contributed by atoms with E-state index in [2.05, 4.69) is 30.0 Å². The Morgan fingerprint density at radius 3 is 3.00 bits per heavy atom. The first-order valence-electron chi connectivity index (χ1n) is 8.44. The number of benzene rings is 1. The second kappa shape index (κ2) is 7.23. The van der Waals surface area contributed by atoms with Gasteiger partial charge in [-0.3, -0.25) is 4.79 Å². The highest BCUT2D eigenvalue weighted by atomic mass is 32.1. The van der Waals surface area contributed by atoms with Crippen molar-refractivity contribution in [3.05, 3.63) is 29.3 Å². The van der Waals surface area contributed by atoms with Crippen molar-refractivity contribution in [3.63, 3.8) is 0 Å². The third-order valence-corrected chi connectivity index (χ3v) is 5.55. The first kappa shape index (κ1) is 15.5. The van der Waals surface area contributed by atoms with Crippen LogP contribution in [0.2, 0.25) is 0 Å². The third kappa shape index (κ3) is 3.32. The van der Waals surface area contributed by atoms with Gasteiger partial charge in [0.2, 0.25) is 5.91 Å². The van der Waals surface area contributed by atoms with Crippen LogP contribution in [0.4, 0.5) is 0 Å². The Labute approximate surface area is 136 Å². The Kier molecular flexibility index (Phi) is 5.08. The maximum atomic E-state index is 12.6. The second-order valence-corrected chi connectivity index (χ2v) is 7.14. The molecule has 0 saturated carbocycles. The maximum Gasteiger partial charge on any atom is 0.223 e. The predicted octanol–water partition coefficient (Wildman–Crippen LogP) is 4.93. The van der Waals surface area contributed by atoms with Gasteiger partial charge in [0, 0.05) is 13.0 Å². The summed E-state index contributed by atoms with van der Waals surface area (Å²) in [7, 11) is 0. The summed E-state index contributed by atoms with van der Waals surface area (Å²) in [6.07, 6.45) is 7.38. The van der Waals surface area contributed by atoms with Crippen molar-refractivity contribution in [1.29, 1.82) is 0 Å². The maximum absolute atomic E-state index is 12.6. The van der Waals surface area contributed by atoms with Crippen LogP contribution in [0.5, 0.6) is 0 Å². The first-order valence-corrected chi connectivity index (χ1v) is 9.26. The highest BCUT2D eigenvalue weighted by molar-refractivity contribution is 7.18. The van der Waals surface area contributed by atoms with Crippen LogP contribution in [0.15, 0.2) is 24.3 Å². The van der Waals surface area contributed by atoms with Gasteiger partial charge in [-0.05, 0) is 37.8 Å². The second-order valence-electron chi connectivity index (χ2n) is 6.08. The molecule has 22 heavy (non-hydrogen) atoms. The molecular weight excluding hydrogens is 292 g/mol. The van der Waals surface area contributed by atoms with E-state index < -0.39 is 0 Å². The molecule has 3 nitrogen and oxygen atoms in total. The van der Waals surface area contributed by atoms with Crippen LogP contribution >= 0.6 is 11.3 Å². The van der Waals surface area contributed by atoms with Gasteiger partial charge in [-0.15, -0.1) is 11.3 Å². The number of fused-ring (bicyclic) bond motifs is 1. The van der Waals surface area contributed by atoms with Gasteiger partial charge < -0.3 is 4.90 Å². The molecule has 2 heterocycles. The largest absolute Gasteiger partial charge is 0.333 e. The van der Waals surface area contributed by atoms with E-state index in [9.17, 15) is 4.79 Å². The van der Waals surface area contributed by atoms with Gasteiger partial charge in [-0.2, -0.15) is 0 Å². The Bertz CT molecular complexity index is 604. The number of unbranched alkanes of at least 4 members (excludes halogenated alkanes) is 2. The smallest absolute Gasteiger partial charge is 0.223 e. The number of aromatic nitrogens is 1. The number of amides is 1. The van der Waals surface area contributed by atoms with Crippen molar-refractivity contribution in [2.45, 2.75) is 57.9 Å². The van der Waals surface area contributed by atoms with Gasteiger partial charge in [0.05, 0.1) is 16.3 Å². The standard InChI is InChI=1S/C18H24N2OS/c1-2-3-4-12-17(21)20-13-8-7-10-15(20)18-19-14-9-5-6-11-16(14)22-18/h5-6,9,11,15H,2-4,7-8,10,12-13H2,1H3. The minimum absolute atomic E-state index is 0.195. The van der Waals surface area contributed by atoms with Crippen LogP contribution < -0.4 is 0 Å². The van der Waals surface area contributed by atoms with Gasteiger partial charge in [-0.25, -0.2) is 4.98 Å². The summed E-state index contributed by atoms with van der Waals surface area (Å²) in [5, 5.41) is 1.12. The Morgan fingerprint density at radius 1 is 1.32 bits per heavy atom. The number of piperidine rings is 1. The minimum Gasteiger partial charge on any atom is -0.333 e. The molecule has 1 fully saturated rings. The SMILES string of the molecule is CCCCCC(=O)N1CCCCC1c1nc2ccccc2s1. The summed E-state index contributed by atoms with van der Waals surface area (Å²) < 4.78 is 1.22. The molecule has 0 spiro atoms. The van der Waals surface area contributed by atoms with Crippen LogP contribution in [0.25, 0.3) is 10.2 Å². The van der Waals surface area contributed by atoms with Crippen LogP contribution in [-0.2, 0) is 4.79 Å². The fourth-order valence-corrected chi connectivity index (χ4v) is 4.30. The van der Waals surface area contributed by atoms with E-state index in [1.54, 1.807) is 11.3 Å². The topological polar surface area (TPSA) is 33.2 Å². The van der Waals surface area contributed by atoms with E-state index in [0.29, 0.717) is 12.3 Å². The molecule has 1 unspecified atom stereocenters. The molecule has 0 radical (unpaired) electrons. The average Bonchev–Trinajstić information content (AvgIpc) is 2.99. The van der Waals surface area contributed by atoms with E-state index in [0.717, 1.165) is 49.2 Å². The zero-order valence-corrected chi connectivity index (χ0v) is 14.1. The van der Waals surface area contributed by atoms with Crippen molar-refractivity contribution < 1.29 is 4.79 Å². The Hall–Kier alpha value is -1.42.